The number of halogens is 7. The number of hydrogen-bond donors (Lipinski definition) is 3. The van der Waals surface area contributed by atoms with Gasteiger partial charge in [-0.2, -0.15) is 13.2 Å². The Balaban J connectivity index is 2.28. The predicted octanol–water partition coefficient (Wildman–Crippen LogP) is 5.80. The number of benzene rings is 2. The maximum absolute atomic E-state index is 13.7. The fourth-order valence-corrected chi connectivity index (χ4v) is 3.25. The van der Waals surface area contributed by atoms with Gasteiger partial charge in [0.15, 0.2) is 0 Å². The summed E-state index contributed by atoms with van der Waals surface area (Å²) in [6, 6.07) is 6.23. The number of anilines is 1. The first-order chi connectivity index (χ1) is 13.3. The summed E-state index contributed by atoms with van der Waals surface area (Å²) in [4.78, 5) is 11.0. The van der Waals surface area contributed by atoms with Gasteiger partial charge in [-0.25, -0.2) is 0 Å². The molecule has 2 aromatic carbocycles. The molecule has 158 valence electrons. The normalized spacial score (nSPS) is 13.7. The Kier molecular flexibility index (Phi) is 7.57. The smallest absolute Gasteiger partial charge is 0.381 e. The molecule has 11 heteroatoms. The van der Waals surface area contributed by atoms with Crippen LogP contribution in [0.25, 0.3) is 0 Å². The maximum atomic E-state index is 13.7. The first-order valence-electron chi connectivity index (χ1n) is 8.06. The number of hydrogen-bond acceptors (Lipinski definition) is 3. The highest BCUT2D eigenvalue weighted by molar-refractivity contribution is 6.48. The molecule has 0 fully saturated rings. The number of rotatable bonds is 6. The van der Waals surface area contributed by atoms with Crippen molar-refractivity contribution >= 4 is 58.0 Å². The standard InChI is InChI=1S/C18H15Cl4F3N2O2/c1-9(28)26-7-10-2-3-12(6-13(10)19)27-8-17(29,18(23,24)25)11-4-14(20)16(22)15(21)5-11/h2-6,27,29H,7-8H2,1H3,(H,26,28)/t17-/m1/s1. The molecule has 29 heavy (non-hydrogen) atoms. The van der Waals surface area contributed by atoms with Crippen molar-refractivity contribution in [2.45, 2.75) is 25.2 Å². The van der Waals surface area contributed by atoms with Crippen LogP contribution < -0.4 is 10.6 Å². The Labute approximate surface area is 184 Å². The zero-order chi connectivity index (χ0) is 22.0. The highest BCUT2D eigenvalue weighted by Crippen LogP contribution is 2.43. The zero-order valence-electron chi connectivity index (χ0n) is 14.8. The Morgan fingerprint density at radius 3 is 2.10 bits per heavy atom. The van der Waals surface area contributed by atoms with Gasteiger partial charge in [0, 0.05) is 24.2 Å². The highest BCUT2D eigenvalue weighted by Gasteiger charge is 2.55. The van der Waals surface area contributed by atoms with Gasteiger partial charge >= 0.3 is 6.18 Å². The summed E-state index contributed by atoms with van der Waals surface area (Å²) in [7, 11) is 0. The van der Waals surface area contributed by atoms with Gasteiger partial charge in [0.2, 0.25) is 11.5 Å². The molecular formula is C18H15Cl4F3N2O2. The molecule has 0 radical (unpaired) electrons. The minimum absolute atomic E-state index is 0.115. The third-order valence-electron chi connectivity index (χ3n) is 4.06. The molecule has 3 N–H and O–H groups in total. The fourth-order valence-electron chi connectivity index (χ4n) is 2.41. The van der Waals surface area contributed by atoms with E-state index < -0.39 is 23.9 Å². The van der Waals surface area contributed by atoms with Crippen LogP contribution in [-0.2, 0) is 16.9 Å². The molecule has 0 aromatic heterocycles. The first-order valence-corrected chi connectivity index (χ1v) is 9.57. The molecule has 0 aliphatic carbocycles. The number of carbonyl (C=O) groups excluding carboxylic acids is 1. The van der Waals surface area contributed by atoms with Crippen LogP contribution in [0.1, 0.15) is 18.1 Å². The van der Waals surface area contributed by atoms with Crippen LogP contribution in [0.2, 0.25) is 20.1 Å². The van der Waals surface area contributed by atoms with Gasteiger partial charge in [0.05, 0.1) is 21.6 Å². The van der Waals surface area contributed by atoms with Crippen molar-refractivity contribution < 1.29 is 23.1 Å². The van der Waals surface area contributed by atoms with E-state index in [4.69, 9.17) is 46.4 Å². The maximum Gasteiger partial charge on any atom is 0.423 e. The average molecular weight is 490 g/mol. The van der Waals surface area contributed by atoms with Crippen LogP contribution >= 0.6 is 46.4 Å². The van der Waals surface area contributed by atoms with Crippen molar-refractivity contribution in [3.63, 3.8) is 0 Å². The monoisotopic (exact) mass is 488 g/mol. The van der Waals surface area contributed by atoms with Gasteiger partial charge in [-0.3, -0.25) is 4.79 Å². The number of alkyl halides is 3. The molecule has 1 amide bonds. The second-order valence-electron chi connectivity index (χ2n) is 6.18. The van der Waals surface area contributed by atoms with Crippen molar-refractivity contribution in [2.24, 2.45) is 0 Å². The molecule has 1 atom stereocenters. The predicted molar refractivity (Wildman–Crippen MR) is 109 cm³/mol. The van der Waals surface area contributed by atoms with Gasteiger partial charge < -0.3 is 15.7 Å². The molecule has 0 saturated heterocycles. The number of nitrogens with one attached hydrogen (secondary N) is 2. The van der Waals surface area contributed by atoms with Crippen molar-refractivity contribution in [1.29, 1.82) is 0 Å². The first kappa shape index (κ1) is 23.9. The lowest BCUT2D eigenvalue weighted by Crippen LogP contribution is -2.47. The van der Waals surface area contributed by atoms with Crippen LogP contribution in [0.3, 0.4) is 0 Å². The summed E-state index contributed by atoms with van der Waals surface area (Å²) in [6.07, 6.45) is -5.05. The van der Waals surface area contributed by atoms with Crippen molar-refractivity contribution in [3.05, 3.63) is 61.5 Å². The second kappa shape index (κ2) is 9.18. The molecule has 4 nitrogen and oxygen atoms in total. The lowest BCUT2D eigenvalue weighted by molar-refractivity contribution is -0.260. The van der Waals surface area contributed by atoms with E-state index in [9.17, 15) is 23.1 Å². The Bertz CT molecular complexity index is 901. The molecular weight excluding hydrogens is 475 g/mol. The van der Waals surface area contributed by atoms with Crippen molar-refractivity contribution in [1.82, 2.24) is 5.32 Å². The van der Waals surface area contributed by atoms with E-state index in [1.807, 2.05) is 0 Å². The summed E-state index contributed by atoms with van der Waals surface area (Å²) >= 11 is 23.5. The summed E-state index contributed by atoms with van der Waals surface area (Å²) in [5.74, 6) is -0.251. The number of carbonyl (C=O) groups is 1. The van der Waals surface area contributed by atoms with Crippen LogP contribution in [0, 0.1) is 0 Å². The number of aliphatic hydroxyl groups is 1. The third-order valence-corrected chi connectivity index (χ3v) is 5.61. The molecule has 0 bridgehead atoms. The molecule has 2 rings (SSSR count). The molecule has 0 heterocycles. The van der Waals surface area contributed by atoms with E-state index in [1.165, 1.54) is 19.1 Å². The van der Waals surface area contributed by atoms with Crippen LogP contribution in [0.4, 0.5) is 18.9 Å². The van der Waals surface area contributed by atoms with Gasteiger partial charge in [-0.15, -0.1) is 0 Å². The minimum atomic E-state index is -5.05. The van der Waals surface area contributed by atoms with Crippen LogP contribution in [-0.4, -0.2) is 23.7 Å². The quantitative estimate of drug-likeness (QED) is 0.449. The molecule has 0 spiro atoms. The second-order valence-corrected chi connectivity index (χ2v) is 7.78. The summed E-state index contributed by atoms with van der Waals surface area (Å²) < 4.78 is 41.1. The van der Waals surface area contributed by atoms with E-state index in [0.29, 0.717) is 5.56 Å². The van der Waals surface area contributed by atoms with E-state index in [0.717, 1.165) is 12.1 Å². The molecule has 0 unspecified atom stereocenters. The van der Waals surface area contributed by atoms with Gasteiger partial charge in [0.1, 0.15) is 0 Å². The minimum Gasteiger partial charge on any atom is -0.381 e. The zero-order valence-corrected chi connectivity index (χ0v) is 17.8. The van der Waals surface area contributed by atoms with Crippen molar-refractivity contribution in [2.75, 3.05) is 11.9 Å². The SMILES string of the molecule is CC(=O)NCc1ccc(NC[C@@](O)(c2cc(Cl)c(Cl)c(Cl)c2)C(F)(F)F)cc1Cl. The van der Waals surface area contributed by atoms with Crippen LogP contribution in [0.15, 0.2) is 30.3 Å². The fraction of sp³-hybridized carbons (Fsp3) is 0.278. The average Bonchev–Trinajstić information content (AvgIpc) is 2.61. The highest BCUT2D eigenvalue weighted by atomic mass is 35.5. The van der Waals surface area contributed by atoms with Crippen molar-refractivity contribution in [3.8, 4) is 0 Å². The third kappa shape index (κ3) is 5.61. The van der Waals surface area contributed by atoms with E-state index >= 15 is 0 Å². The molecule has 0 aliphatic heterocycles. The molecule has 0 aliphatic rings. The summed E-state index contributed by atoms with van der Waals surface area (Å²) in [5.41, 5.74) is -3.05. The van der Waals surface area contributed by atoms with Gasteiger partial charge in [-0.05, 0) is 35.4 Å². The largest absolute Gasteiger partial charge is 0.423 e. The lowest BCUT2D eigenvalue weighted by Gasteiger charge is -2.32. The lowest BCUT2D eigenvalue weighted by atomic mass is 9.92. The Morgan fingerprint density at radius 2 is 1.62 bits per heavy atom. The van der Waals surface area contributed by atoms with E-state index in [1.54, 1.807) is 6.07 Å². The number of amides is 1. The topological polar surface area (TPSA) is 61.4 Å². The Morgan fingerprint density at radius 1 is 1.03 bits per heavy atom. The van der Waals surface area contributed by atoms with Gasteiger partial charge in [-0.1, -0.05) is 52.5 Å². The molecule has 0 saturated carbocycles. The Hall–Kier alpha value is -1.38. The summed E-state index contributed by atoms with van der Waals surface area (Å²) in [6.45, 7) is 0.575. The van der Waals surface area contributed by atoms with E-state index in [2.05, 4.69) is 10.6 Å². The van der Waals surface area contributed by atoms with Crippen LogP contribution in [0.5, 0.6) is 0 Å². The van der Waals surface area contributed by atoms with E-state index in [-0.39, 0.29) is 38.2 Å². The van der Waals surface area contributed by atoms with Gasteiger partial charge in [0.25, 0.3) is 0 Å². The molecule has 2 aromatic rings. The summed E-state index contributed by atoms with van der Waals surface area (Å²) in [5, 5.41) is 15.2.